The van der Waals surface area contributed by atoms with Crippen molar-refractivity contribution in [2.75, 3.05) is 33.4 Å². The molecule has 0 radical (unpaired) electrons. The molecule has 6 nitrogen and oxygen atoms in total. The van der Waals surface area contributed by atoms with Gasteiger partial charge in [0.05, 0.1) is 18.6 Å². The summed E-state index contributed by atoms with van der Waals surface area (Å²) < 4.78 is 11.9. The zero-order valence-corrected chi connectivity index (χ0v) is 16.1. The fraction of sp³-hybridized carbons (Fsp3) is 0.684. The van der Waals surface area contributed by atoms with Crippen LogP contribution >= 0.6 is 11.3 Å². The van der Waals surface area contributed by atoms with E-state index in [2.05, 4.69) is 26.8 Å². The van der Waals surface area contributed by atoms with Crippen LogP contribution in [0, 0.1) is 0 Å². The predicted molar refractivity (Wildman–Crippen MR) is 102 cm³/mol. The first kappa shape index (κ1) is 16.9. The second kappa shape index (κ2) is 7.03. The Kier molecular flexibility index (Phi) is 4.56. The zero-order chi connectivity index (χ0) is 17.5. The van der Waals surface area contributed by atoms with Gasteiger partial charge in [-0.25, -0.2) is 9.97 Å². The largest absolute Gasteiger partial charge is 0.474 e. The molecule has 0 atom stereocenters. The van der Waals surface area contributed by atoms with E-state index in [4.69, 9.17) is 9.47 Å². The van der Waals surface area contributed by atoms with Gasteiger partial charge in [-0.3, -0.25) is 9.80 Å². The van der Waals surface area contributed by atoms with Crippen molar-refractivity contribution in [3.05, 3.63) is 16.8 Å². The lowest BCUT2D eigenvalue weighted by Crippen LogP contribution is -2.46. The highest BCUT2D eigenvalue weighted by Gasteiger charge is 2.30. The summed E-state index contributed by atoms with van der Waals surface area (Å²) >= 11 is 1.79. The molecule has 1 saturated carbocycles. The molecule has 1 saturated heterocycles. The highest BCUT2D eigenvalue weighted by Crippen LogP contribution is 2.40. The molecule has 0 aromatic carbocycles. The number of fused-ring (bicyclic) bond motifs is 3. The van der Waals surface area contributed by atoms with Gasteiger partial charge in [-0.05, 0) is 38.3 Å². The van der Waals surface area contributed by atoms with E-state index < -0.39 is 0 Å². The van der Waals surface area contributed by atoms with Crippen LogP contribution in [0.5, 0.6) is 5.88 Å². The standard InChI is InChI=1S/C19H26N4O2S/c1-22-10-15-16(11-22)26-19-17(15)18(20-12-21-19)25-14-4-2-13(3-5-14)23-6-8-24-9-7-23/h12-14H,2-11H2,1H3/t13-,14-. The molecule has 2 aromatic rings. The van der Waals surface area contributed by atoms with Crippen molar-refractivity contribution < 1.29 is 9.47 Å². The molecule has 5 rings (SSSR count). The molecule has 2 aromatic heterocycles. The summed E-state index contributed by atoms with van der Waals surface area (Å²) in [6.45, 7) is 5.91. The third-order valence-electron chi connectivity index (χ3n) is 5.96. The number of morpholine rings is 1. The van der Waals surface area contributed by atoms with Crippen molar-refractivity contribution >= 4 is 21.6 Å². The average Bonchev–Trinajstić information content (AvgIpc) is 3.19. The number of ether oxygens (including phenoxy) is 2. The monoisotopic (exact) mass is 374 g/mol. The molecule has 2 aliphatic heterocycles. The predicted octanol–water partition coefficient (Wildman–Crippen LogP) is 2.66. The second-order valence-corrected chi connectivity index (χ2v) is 8.82. The van der Waals surface area contributed by atoms with Gasteiger partial charge in [0.25, 0.3) is 0 Å². The van der Waals surface area contributed by atoms with Crippen LogP contribution in [0.25, 0.3) is 10.2 Å². The summed E-state index contributed by atoms with van der Waals surface area (Å²) in [7, 11) is 2.16. The first-order valence-corrected chi connectivity index (χ1v) is 10.5. The molecule has 0 unspecified atom stereocenters. The molecular formula is C19H26N4O2S. The molecule has 140 valence electrons. The van der Waals surface area contributed by atoms with Gasteiger partial charge in [0.15, 0.2) is 0 Å². The summed E-state index contributed by atoms with van der Waals surface area (Å²) in [5.74, 6) is 0.803. The minimum atomic E-state index is 0.278. The average molecular weight is 375 g/mol. The van der Waals surface area contributed by atoms with E-state index >= 15 is 0 Å². The molecule has 7 heteroatoms. The van der Waals surface area contributed by atoms with Crippen molar-refractivity contribution in [2.45, 2.75) is 50.9 Å². The third kappa shape index (κ3) is 3.11. The number of nitrogens with zero attached hydrogens (tertiary/aromatic N) is 4. The van der Waals surface area contributed by atoms with Gasteiger partial charge < -0.3 is 9.47 Å². The summed E-state index contributed by atoms with van der Waals surface area (Å²) in [6.07, 6.45) is 6.58. The van der Waals surface area contributed by atoms with E-state index in [9.17, 15) is 0 Å². The Balaban J connectivity index is 1.29. The van der Waals surface area contributed by atoms with Crippen LogP contribution in [0.2, 0.25) is 0 Å². The number of aromatic nitrogens is 2. The number of hydrogen-bond donors (Lipinski definition) is 0. The van der Waals surface area contributed by atoms with E-state index in [-0.39, 0.29) is 6.10 Å². The van der Waals surface area contributed by atoms with Gasteiger partial charge in [-0.1, -0.05) is 0 Å². The quantitative estimate of drug-likeness (QED) is 0.823. The molecule has 0 bridgehead atoms. The first-order chi connectivity index (χ1) is 12.8. The van der Waals surface area contributed by atoms with E-state index in [1.807, 2.05) is 0 Å². The summed E-state index contributed by atoms with van der Waals surface area (Å²) in [5, 5.41) is 1.16. The maximum Gasteiger partial charge on any atom is 0.225 e. The number of rotatable bonds is 3. The molecule has 2 fully saturated rings. The van der Waals surface area contributed by atoms with Crippen molar-refractivity contribution in [2.24, 2.45) is 0 Å². The van der Waals surface area contributed by atoms with Crippen molar-refractivity contribution in [1.29, 1.82) is 0 Å². The van der Waals surface area contributed by atoms with Crippen LogP contribution in [0.3, 0.4) is 0 Å². The number of hydrogen-bond acceptors (Lipinski definition) is 7. The minimum Gasteiger partial charge on any atom is -0.474 e. The van der Waals surface area contributed by atoms with Crippen LogP contribution in [0.15, 0.2) is 6.33 Å². The molecule has 0 amide bonds. The topological polar surface area (TPSA) is 50.7 Å². The van der Waals surface area contributed by atoms with Crippen LogP contribution in [0.4, 0.5) is 0 Å². The van der Waals surface area contributed by atoms with Crippen molar-refractivity contribution in [3.8, 4) is 5.88 Å². The van der Waals surface area contributed by atoms with Crippen LogP contribution in [-0.4, -0.2) is 65.3 Å². The molecule has 0 spiro atoms. The van der Waals surface area contributed by atoms with Crippen molar-refractivity contribution in [1.82, 2.24) is 19.8 Å². The van der Waals surface area contributed by atoms with Crippen molar-refractivity contribution in [3.63, 3.8) is 0 Å². The maximum absolute atomic E-state index is 6.42. The molecular weight excluding hydrogens is 348 g/mol. The smallest absolute Gasteiger partial charge is 0.225 e. The summed E-state index contributed by atoms with van der Waals surface area (Å²) in [5.41, 5.74) is 1.38. The van der Waals surface area contributed by atoms with Gasteiger partial charge in [0, 0.05) is 37.1 Å². The molecule has 0 N–H and O–H groups in total. The Labute approximate surface area is 158 Å². The van der Waals surface area contributed by atoms with Crippen LogP contribution in [0.1, 0.15) is 36.1 Å². The SMILES string of the molecule is CN1Cc2sc3ncnc(O[C@H]4CC[C@H](N5CCOCC5)CC4)c3c2C1. The van der Waals surface area contributed by atoms with Crippen LogP contribution in [-0.2, 0) is 17.8 Å². The van der Waals surface area contributed by atoms with E-state index in [1.165, 1.54) is 23.3 Å². The second-order valence-electron chi connectivity index (χ2n) is 7.73. The van der Waals surface area contributed by atoms with Gasteiger partial charge in [0.2, 0.25) is 5.88 Å². The fourth-order valence-corrected chi connectivity index (χ4v) is 5.81. The lowest BCUT2D eigenvalue weighted by Gasteiger charge is -2.38. The Hall–Kier alpha value is -1.28. The normalized spacial score (nSPS) is 27.7. The number of thiophene rings is 1. The Morgan fingerprint density at radius 3 is 2.73 bits per heavy atom. The van der Waals surface area contributed by atoms with Crippen LogP contribution < -0.4 is 4.74 Å². The lowest BCUT2D eigenvalue weighted by molar-refractivity contribution is -0.00126. The van der Waals surface area contributed by atoms with E-state index in [1.54, 1.807) is 17.7 Å². The zero-order valence-electron chi connectivity index (χ0n) is 15.3. The minimum absolute atomic E-state index is 0.278. The summed E-state index contributed by atoms with van der Waals surface area (Å²) in [6, 6.07) is 0.697. The van der Waals surface area contributed by atoms with Gasteiger partial charge in [-0.2, -0.15) is 0 Å². The molecule has 26 heavy (non-hydrogen) atoms. The fourth-order valence-electron chi connectivity index (χ4n) is 4.59. The van der Waals surface area contributed by atoms with Gasteiger partial charge in [-0.15, -0.1) is 11.3 Å². The van der Waals surface area contributed by atoms with E-state index in [0.29, 0.717) is 6.04 Å². The Bertz CT molecular complexity index is 781. The lowest BCUT2D eigenvalue weighted by atomic mass is 9.91. The Morgan fingerprint density at radius 1 is 1.12 bits per heavy atom. The molecule has 1 aliphatic carbocycles. The first-order valence-electron chi connectivity index (χ1n) is 9.70. The van der Waals surface area contributed by atoms with Gasteiger partial charge in [0.1, 0.15) is 17.3 Å². The third-order valence-corrected chi connectivity index (χ3v) is 7.09. The molecule has 3 aliphatic rings. The Morgan fingerprint density at radius 2 is 1.92 bits per heavy atom. The van der Waals surface area contributed by atoms with E-state index in [0.717, 1.165) is 68.3 Å². The van der Waals surface area contributed by atoms with Gasteiger partial charge >= 0.3 is 0 Å². The molecule has 4 heterocycles. The summed E-state index contributed by atoms with van der Waals surface area (Å²) in [4.78, 5) is 16.4. The highest BCUT2D eigenvalue weighted by molar-refractivity contribution is 7.18. The maximum atomic E-state index is 6.42. The highest BCUT2D eigenvalue weighted by atomic mass is 32.1.